The van der Waals surface area contributed by atoms with E-state index in [2.05, 4.69) is 10.3 Å². The molecule has 1 N–H and O–H groups in total. The standard InChI is InChI=1S/C19H15FN4O3S/c20-13-2-4-18-14(10-13)15(5-8-28-18)22-19(25)12-1-3-16(17(9-12)24(26)27)23-7-6-21-11-23/h1-4,6-7,9-11,15H,5,8H2,(H,22,25). The molecule has 9 heteroatoms. The number of nitro benzene ring substituents is 1. The van der Waals surface area contributed by atoms with Gasteiger partial charge < -0.3 is 9.88 Å². The number of carbonyl (C=O) groups excluding carboxylic acids is 1. The molecular weight excluding hydrogens is 383 g/mol. The van der Waals surface area contributed by atoms with Crippen molar-refractivity contribution in [3.8, 4) is 5.69 Å². The minimum Gasteiger partial charge on any atom is -0.345 e. The Morgan fingerprint density at radius 2 is 2.18 bits per heavy atom. The summed E-state index contributed by atoms with van der Waals surface area (Å²) in [6.45, 7) is 0. The Morgan fingerprint density at radius 3 is 2.93 bits per heavy atom. The van der Waals surface area contributed by atoms with Crippen LogP contribution in [-0.4, -0.2) is 26.1 Å². The molecule has 0 radical (unpaired) electrons. The van der Waals surface area contributed by atoms with Crippen LogP contribution < -0.4 is 5.32 Å². The number of benzene rings is 2. The average Bonchev–Trinajstić information content (AvgIpc) is 3.22. The molecule has 2 aromatic carbocycles. The first-order valence-electron chi connectivity index (χ1n) is 8.53. The van der Waals surface area contributed by atoms with Crippen LogP contribution in [0.5, 0.6) is 0 Å². The highest BCUT2D eigenvalue weighted by Gasteiger charge is 2.25. The lowest BCUT2D eigenvalue weighted by Gasteiger charge is -2.26. The number of thioether (sulfide) groups is 1. The van der Waals surface area contributed by atoms with E-state index < -0.39 is 10.8 Å². The van der Waals surface area contributed by atoms with Crippen molar-refractivity contribution in [2.45, 2.75) is 17.4 Å². The molecule has 142 valence electrons. The Kier molecular flexibility index (Phi) is 4.82. The topological polar surface area (TPSA) is 90.1 Å². The fourth-order valence-electron chi connectivity index (χ4n) is 3.19. The number of imidazole rings is 1. The van der Waals surface area contributed by atoms with Crippen molar-refractivity contribution in [2.24, 2.45) is 0 Å². The molecule has 1 aromatic heterocycles. The zero-order chi connectivity index (χ0) is 19.7. The van der Waals surface area contributed by atoms with Crippen molar-refractivity contribution in [1.82, 2.24) is 14.9 Å². The smallest absolute Gasteiger partial charge is 0.294 e. The van der Waals surface area contributed by atoms with Crippen LogP contribution >= 0.6 is 11.8 Å². The van der Waals surface area contributed by atoms with Gasteiger partial charge in [-0.2, -0.15) is 0 Å². The van der Waals surface area contributed by atoms with Crippen LogP contribution in [0.2, 0.25) is 0 Å². The molecule has 1 aliphatic heterocycles. The van der Waals surface area contributed by atoms with E-state index in [4.69, 9.17) is 0 Å². The largest absolute Gasteiger partial charge is 0.345 e. The van der Waals surface area contributed by atoms with Gasteiger partial charge in [0, 0.05) is 34.7 Å². The summed E-state index contributed by atoms with van der Waals surface area (Å²) >= 11 is 1.61. The Balaban J connectivity index is 1.62. The van der Waals surface area contributed by atoms with Crippen molar-refractivity contribution in [1.29, 1.82) is 0 Å². The molecule has 0 saturated carbocycles. The summed E-state index contributed by atoms with van der Waals surface area (Å²) in [6.07, 6.45) is 5.21. The molecule has 3 aromatic rings. The van der Waals surface area contributed by atoms with Gasteiger partial charge in [0.05, 0.1) is 17.3 Å². The van der Waals surface area contributed by atoms with Gasteiger partial charge in [-0.25, -0.2) is 9.37 Å². The lowest BCUT2D eigenvalue weighted by Crippen LogP contribution is -2.30. The fourth-order valence-corrected chi connectivity index (χ4v) is 4.29. The highest BCUT2D eigenvalue weighted by molar-refractivity contribution is 7.99. The van der Waals surface area contributed by atoms with Gasteiger partial charge in [0.25, 0.3) is 11.6 Å². The van der Waals surface area contributed by atoms with Crippen LogP contribution in [0.4, 0.5) is 10.1 Å². The number of halogens is 1. The van der Waals surface area contributed by atoms with E-state index in [9.17, 15) is 19.3 Å². The second-order valence-electron chi connectivity index (χ2n) is 6.28. The molecule has 4 rings (SSSR count). The Hall–Kier alpha value is -3.20. The van der Waals surface area contributed by atoms with Gasteiger partial charge >= 0.3 is 0 Å². The second-order valence-corrected chi connectivity index (χ2v) is 7.41. The number of rotatable bonds is 4. The van der Waals surface area contributed by atoms with Crippen molar-refractivity contribution in [3.63, 3.8) is 0 Å². The molecule has 7 nitrogen and oxygen atoms in total. The van der Waals surface area contributed by atoms with Crippen LogP contribution in [-0.2, 0) is 0 Å². The molecule has 1 unspecified atom stereocenters. The van der Waals surface area contributed by atoms with E-state index in [0.29, 0.717) is 12.1 Å². The van der Waals surface area contributed by atoms with Crippen LogP contribution in [0.15, 0.2) is 60.0 Å². The third-order valence-electron chi connectivity index (χ3n) is 4.53. The summed E-state index contributed by atoms with van der Waals surface area (Å²) < 4.78 is 15.2. The van der Waals surface area contributed by atoms with Crippen LogP contribution in [0.1, 0.15) is 28.4 Å². The number of aromatic nitrogens is 2. The summed E-state index contributed by atoms with van der Waals surface area (Å²) in [5.74, 6) is -0.00302. The van der Waals surface area contributed by atoms with Gasteiger partial charge in [-0.1, -0.05) is 0 Å². The number of nitrogens with zero attached hydrogens (tertiary/aromatic N) is 3. The molecule has 2 heterocycles. The third kappa shape index (κ3) is 3.48. The van der Waals surface area contributed by atoms with Crippen LogP contribution in [0.3, 0.4) is 0 Å². The maximum atomic E-state index is 13.6. The van der Waals surface area contributed by atoms with Crippen LogP contribution in [0.25, 0.3) is 5.69 Å². The van der Waals surface area contributed by atoms with Gasteiger partial charge in [-0.05, 0) is 42.3 Å². The summed E-state index contributed by atoms with van der Waals surface area (Å²) in [5, 5.41) is 14.4. The summed E-state index contributed by atoms with van der Waals surface area (Å²) in [4.78, 5) is 28.5. The SMILES string of the molecule is O=C(NC1CCSc2ccc(F)cc21)c1ccc(-n2ccnc2)c([N+](=O)[O-])c1. The van der Waals surface area contributed by atoms with Gasteiger partial charge in [0.2, 0.25) is 0 Å². The summed E-state index contributed by atoms with van der Waals surface area (Å²) in [7, 11) is 0. The molecule has 1 amide bonds. The first kappa shape index (κ1) is 18.2. The molecule has 0 aliphatic carbocycles. The van der Waals surface area contributed by atoms with Gasteiger partial charge in [0.1, 0.15) is 11.5 Å². The molecule has 28 heavy (non-hydrogen) atoms. The third-order valence-corrected chi connectivity index (χ3v) is 5.66. The molecule has 0 saturated heterocycles. The first-order chi connectivity index (χ1) is 13.5. The average molecular weight is 398 g/mol. The number of amides is 1. The highest BCUT2D eigenvalue weighted by atomic mass is 32.2. The molecular formula is C19H15FN4O3S. The van der Waals surface area contributed by atoms with E-state index in [1.807, 2.05) is 0 Å². The maximum absolute atomic E-state index is 13.6. The molecule has 1 aliphatic rings. The fraction of sp³-hybridized carbons (Fsp3) is 0.158. The minimum atomic E-state index is -0.534. The second kappa shape index (κ2) is 7.43. The van der Waals surface area contributed by atoms with E-state index >= 15 is 0 Å². The zero-order valence-corrected chi connectivity index (χ0v) is 15.4. The Bertz CT molecular complexity index is 1060. The Morgan fingerprint density at radius 1 is 1.32 bits per heavy atom. The van der Waals surface area contributed by atoms with E-state index in [0.717, 1.165) is 16.2 Å². The lowest BCUT2D eigenvalue weighted by molar-refractivity contribution is -0.384. The minimum absolute atomic E-state index is 0.173. The number of carbonyl (C=O) groups is 1. The van der Waals surface area contributed by atoms with Gasteiger partial charge in [-0.3, -0.25) is 14.9 Å². The maximum Gasteiger partial charge on any atom is 0.294 e. The highest BCUT2D eigenvalue weighted by Crippen LogP contribution is 2.36. The molecule has 0 bridgehead atoms. The predicted molar refractivity (Wildman–Crippen MR) is 102 cm³/mol. The quantitative estimate of drug-likeness (QED) is 0.532. The molecule has 0 fully saturated rings. The summed E-state index contributed by atoms with van der Waals surface area (Å²) in [5.41, 5.74) is 1.03. The van der Waals surface area contributed by atoms with E-state index in [-0.39, 0.29) is 23.1 Å². The lowest BCUT2D eigenvalue weighted by atomic mass is 10.0. The van der Waals surface area contributed by atoms with E-state index in [1.54, 1.807) is 24.0 Å². The van der Waals surface area contributed by atoms with Crippen LogP contribution in [0, 0.1) is 15.9 Å². The normalized spacial score (nSPS) is 15.7. The number of hydrogen-bond acceptors (Lipinski definition) is 5. The van der Waals surface area contributed by atoms with Crippen molar-refractivity contribution < 1.29 is 14.1 Å². The molecule has 1 atom stereocenters. The van der Waals surface area contributed by atoms with Gasteiger partial charge in [0.15, 0.2) is 0 Å². The van der Waals surface area contributed by atoms with Gasteiger partial charge in [-0.15, -0.1) is 11.8 Å². The van der Waals surface area contributed by atoms with E-state index in [1.165, 1.54) is 47.4 Å². The van der Waals surface area contributed by atoms with Crippen molar-refractivity contribution >= 4 is 23.4 Å². The number of hydrogen-bond donors (Lipinski definition) is 1. The number of nitrogens with one attached hydrogen (secondary N) is 1. The number of nitro groups is 1. The van der Waals surface area contributed by atoms with Crippen molar-refractivity contribution in [2.75, 3.05) is 5.75 Å². The zero-order valence-electron chi connectivity index (χ0n) is 14.5. The predicted octanol–water partition coefficient (Wildman–Crippen LogP) is 3.89. The first-order valence-corrected chi connectivity index (χ1v) is 9.51. The molecule has 0 spiro atoms. The summed E-state index contributed by atoms with van der Waals surface area (Å²) in [6, 6.07) is 8.48. The number of fused-ring (bicyclic) bond motifs is 1. The van der Waals surface area contributed by atoms with Crippen molar-refractivity contribution in [3.05, 3.63) is 82.2 Å². The Labute approximate surface area is 163 Å². The monoisotopic (exact) mass is 398 g/mol.